The maximum absolute atomic E-state index is 5.91. The Morgan fingerprint density at radius 2 is 2.11 bits per heavy atom. The summed E-state index contributed by atoms with van der Waals surface area (Å²) in [5.41, 5.74) is 0. The minimum absolute atomic E-state index is 0.192. The molecule has 0 N–H and O–H groups in total. The first-order chi connectivity index (χ1) is 4.36. The fraction of sp³-hybridized carbons (Fsp3) is 1.00. The van der Waals surface area contributed by atoms with Gasteiger partial charge in [0.1, 0.15) is 0 Å². The summed E-state index contributed by atoms with van der Waals surface area (Å²) in [4.78, 5) is 0. The van der Waals surface area contributed by atoms with Crippen molar-refractivity contribution in [2.45, 2.75) is 24.0 Å². The van der Waals surface area contributed by atoms with Crippen LogP contribution in [0.3, 0.4) is 0 Å². The molecule has 2 aliphatic heterocycles. The molecule has 2 rings (SSSR count). The van der Waals surface area contributed by atoms with E-state index in [2.05, 4.69) is 0 Å². The van der Waals surface area contributed by atoms with Gasteiger partial charge in [0.2, 0.25) is 0 Å². The Hall–Kier alpha value is 0.210. The highest BCUT2D eigenvalue weighted by Crippen LogP contribution is 2.27. The average molecular weight is 149 g/mol. The Balaban J connectivity index is 1.69. The number of ether oxygens (including phenoxy) is 2. The SMILES string of the molecule is ClC(CC1CO1)C1CO1. The van der Waals surface area contributed by atoms with Crippen LogP contribution in [0.1, 0.15) is 6.42 Å². The summed E-state index contributed by atoms with van der Waals surface area (Å²) in [6, 6.07) is 0. The van der Waals surface area contributed by atoms with Gasteiger partial charge in [0.15, 0.2) is 0 Å². The molecule has 0 aliphatic carbocycles. The van der Waals surface area contributed by atoms with Crippen molar-refractivity contribution in [1.29, 1.82) is 0 Å². The summed E-state index contributed by atoms with van der Waals surface area (Å²) < 4.78 is 10.0. The third-order valence-electron chi connectivity index (χ3n) is 1.65. The fourth-order valence-corrected chi connectivity index (χ4v) is 1.22. The molecule has 2 nitrogen and oxygen atoms in total. The predicted octanol–water partition coefficient (Wildman–Crippen LogP) is 0.782. The van der Waals surface area contributed by atoms with E-state index in [9.17, 15) is 0 Å². The van der Waals surface area contributed by atoms with Crippen LogP contribution in [0.2, 0.25) is 0 Å². The number of halogens is 1. The Bertz CT molecular complexity index is 110. The Kier molecular flexibility index (Phi) is 1.40. The van der Waals surface area contributed by atoms with Crippen LogP contribution in [0, 0.1) is 0 Å². The first-order valence-corrected chi connectivity index (χ1v) is 3.67. The lowest BCUT2D eigenvalue weighted by molar-refractivity contribution is 0.359. The highest BCUT2D eigenvalue weighted by molar-refractivity contribution is 6.21. The van der Waals surface area contributed by atoms with Crippen molar-refractivity contribution >= 4 is 11.6 Å². The molecule has 3 unspecified atom stereocenters. The van der Waals surface area contributed by atoms with Gasteiger partial charge in [0.05, 0.1) is 30.8 Å². The van der Waals surface area contributed by atoms with Crippen molar-refractivity contribution in [1.82, 2.24) is 0 Å². The molecule has 0 saturated carbocycles. The molecule has 2 fully saturated rings. The molecule has 0 radical (unpaired) electrons. The molecule has 2 heterocycles. The highest BCUT2D eigenvalue weighted by Gasteiger charge is 2.36. The number of rotatable bonds is 3. The zero-order chi connectivity index (χ0) is 6.27. The van der Waals surface area contributed by atoms with Crippen molar-refractivity contribution in [3.63, 3.8) is 0 Å². The summed E-state index contributed by atoms with van der Waals surface area (Å²) in [6.07, 6.45) is 1.74. The third-order valence-corrected chi connectivity index (χ3v) is 2.11. The van der Waals surface area contributed by atoms with Gasteiger partial charge in [0.25, 0.3) is 0 Å². The first-order valence-electron chi connectivity index (χ1n) is 3.23. The summed E-state index contributed by atoms with van der Waals surface area (Å²) in [5.74, 6) is 0. The van der Waals surface area contributed by atoms with Crippen LogP contribution < -0.4 is 0 Å². The van der Waals surface area contributed by atoms with Crippen LogP contribution in [-0.2, 0) is 9.47 Å². The average Bonchev–Trinajstić information content (AvgIpc) is 2.62. The molecule has 2 saturated heterocycles. The standard InChI is InChI=1S/C6H9ClO2/c7-5(6-3-9-6)1-4-2-8-4/h4-6H,1-3H2. The topological polar surface area (TPSA) is 25.1 Å². The van der Waals surface area contributed by atoms with Crippen LogP contribution in [0.15, 0.2) is 0 Å². The molecular weight excluding hydrogens is 140 g/mol. The molecule has 0 amide bonds. The molecule has 0 aromatic heterocycles. The van der Waals surface area contributed by atoms with Gasteiger partial charge < -0.3 is 9.47 Å². The second kappa shape index (κ2) is 2.11. The summed E-state index contributed by atoms with van der Waals surface area (Å²) in [7, 11) is 0. The monoisotopic (exact) mass is 148 g/mol. The number of hydrogen-bond acceptors (Lipinski definition) is 2. The second-order valence-electron chi connectivity index (χ2n) is 2.58. The summed E-state index contributed by atoms with van der Waals surface area (Å²) in [5, 5.41) is 0.192. The van der Waals surface area contributed by atoms with E-state index >= 15 is 0 Å². The van der Waals surface area contributed by atoms with E-state index in [0.717, 1.165) is 19.6 Å². The quantitative estimate of drug-likeness (QED) is 0.437. The fourth-order valence-electron chi connectivity index (χ4n) is 0.871. The smallest absolute Gasteiger partial charge is 0.0973 e. The Morgan fingerprint density at radius 1 is 1.44 bits per heavy atom. The molecule has 52 valence electrons. The van der Waals surface area contributed by atoms with E-state index < -0.39 is 0 Å². The van der Waals surface area contributed by atoms with E-state index in [4.69, 9.17) is 21.1 Å². The molecule has 3 heteroatoms. The Morgan fingerprint density at radius 3 is 2.56 bits per heavy atom. The van der Waals surface area contributed by atoms with E-state index in [1.54, 1.807) is 0 Å². The van der Waals surface area contributed by atoms with Crippen LogP contribution in [0.5, 0.6) is 0 Å². The van der Waals surface area contributed by atoms with Crippen molar-refractivity contribution in [3.05, 3.63) is 0 Å². The van der Waals surface area contributed by atoms with Crippen LogP contribution in [0.4, 0.5) is 0 Å². The maximum Gasteiger partial charge on any atom is 0.0973 e. The normalized spacial score (nSPS) is 42.3. The van der Waals surface area contributed by atoms with Gasteiger partial charge in [-0.3, -0.25) is 0 Å². The first kappa shape index (κ1) is 5.96. The maximum atomic E-state index is 5.91. The number of hydrogen-bond donors (Lipinski definition) is 0. The molecule has 9 heavy (non-hydrogen) atoms. The summed E-state index contributed by atoms with van der Waals surface area (Å²) in [6.45, 7) is 1.75. The van der Waals surface area contributed by atoms with E-state index in [1.165, 1.54) is 0 Å². The third kappa shape index (κ3) is 1.57. The lowest BCUT2D eigenvalue weighted by Crippen LogP contribution is -2.09. The highest BCUT2D eigenvalue weighted by atomic mass is 35.5. The van der Waals surface area contributed by atoms with Gasteiger partial charge in [-0.05, 0) is 6.42 Å². The van der Waals surface area contributed by atoms with Crippen LogP contribution in [-0.4, -0.2) is 30.8 Å². The van der Waals surface area contributed by atoms with E-state index in [-0.39, 0.29) is 5.38 Å². The van der Waals surface area contributed by atoms with Gasteiger partial charge in [-0.25, -0.2) is 0 Å². The van der Waals surface area contributed by atoms with E-state index in [1.807, 2.05) is 0 Å². The van der Waals surface area contributed by atoms with Gasteiger partial charge >= 0.3 is 0 Å². The van der Waals surface area contributed by atoms with Crippen molar-refractivity contribution in [2.75, 3.05) is 13.2 Å². The minimum Gasteiger partial charge on any atom is -0.373 e. The number of alkyl halides is 1. The van der Waals surface area contributed by atoms with Gasteiger partial charge in [0, 0.05) is 0 Å². The van der Waals surface area contributed by atoms with Gasteiger partial charge in [-0.1, -0.05) is 0 Å². The minimum atomic E-state index is 0.192. The van der Waals surface area contributed by atoms with Crippen molar-refractivity contribution in [3.8, 4) is 0 Å². The second-order valence-corrected chi connectivity index (χ2v) is 3.14. The predicted molar refractivity (Wildman–Crippen MR) is 33.7 cm³/mol. The number of epoxide rings is 2. The van der Waals surface area contributed by atoms with Gasteiger partial charge in [-0.2, -0.15) is 0 Å². The molecular formula is C6H9ClO2. The lowest BCUT2D eigenvalue weighted by Gasteiger charge is -1.99. The molecule has 2 aliphatic rings. The van der Waals surface area contributed by atoms with Crippen LogP contribution in [0.25, 0.3) is 0 Å². The zero-order valence-electron chi connectivity index (χ0n) is 5.05. The molecule has 3 atom stereocenters. The zero-order valence-corrected chi connectivity index (χ0v) is 5.80. The molecule has 0 bridgehead atoms. The lowest BCUT2D eigenvalue weighted by atomic mass is 10.2. The summed E-state index contributed by atoms with van der Waals surface area (Å²) >= 11 is 5.91. The molecule has 0 aromatic rings. The molecule has 0 spiro atoms. The van der Waals surface area contributed by atoms with E-state index in [0.29, 0.717) is 12.2 Å². The van der Waals surface area contributed by atoms with Crippen LogP contribution >= 0.6 is 11.6 Å². The molecule has 0 aromatic carbocycles. The largest absolute Gasteiger partial charge is 0.373 e. The van der Waals surface area contributed by atoms with Crippen molar-refractivity contribution < 1.29 is 9.47 Å². The Labute approximate surface area is 59.1 Å². The van der Waals surface area contributed by atoms with Gasteiger partial charge in [-0.15, -0.1) is 11.6 Å². The van der Waals surface area contributed by atoms with Crippen molar-refractivity contribution in [2.24, 2.45) is 0 Å².